The van der Waals surface area contributed by atoms with E-state index >= 15 is 0 Å². The second-order valence-corrected chi connectivity index (χ2v) is 9.27. The van der Waals surface area contributed by atoms with Gasteiger partial charge in [0.2, 0.25) is 0 Å². The van der Waals surface area contributed by atoms with Crippen LogP contribution in [-0.4, -0.2) is 60.4 Å². The highest BCUT2D eigenvalue weighted by atomic mass is 19.4. The van der Waals surface area contributed by atoms with Crippen LogP contribution in [0.25, 0.3) is 0 Å². The summed E-state index contributed by atoms with van der Waals surface area (Å²) < 4.78 is 50.4. The van der Waals surface area contributed by atoms with Gasteiger partial charge in [-0.15, -0.1) is 0 Å². The summed E-state index contributed by atoms with van der Waals surface area (Å²) in [4.78, 5) is 18.5. The van der Waals surface area contributed by atoms with Gasteiger partial charge < -0.3 is 19.9 Å². The van der Waals surface area contributed by atoms with Crippen LogP contribution >= 0.6 is 0 Å². The number of alkyl halides is 3. The molecule has 0 aliphatic carbocycles. The summed E-state index contributed by atoms with van der Waals surface area (Å²) in [5.41, 5.74) is 1.65. The predicted molar refractivity (Wildman–Crippen MR) is 128 cm³/mol. The standard InChI is InChI=1S/C26H32F3N3O4/c1-35-22-15-18(26(27,28)29)8-10-21(22)23(25(33)34)32-13-11-20(16-32)36-14-3-2-6-19-9-7-17-5-4-12-30-24(17)31-19/h7-10,15,20,23H,2-6,11-14,16H2,1H3,(H,30,31)(H,33,34). The second kappa shape index (κ2) is 11.5. The van der Waals surface area contributed by atoms with Gasteiger partial charge in [-0.1, -0.05) is 12.1 Å². The van der Waals surface area contributed by atoms with Crippen LogP contribution < -0.4 is 10.1 Å². The molecule has 1 fully saturated rings. The van der Waals surface area contributed by atoms with Crippen molar-refractivity contribution in [2.45, 2.75) is 56.8 Å². The van der Waals surface area contributed by atoms with Gasteiger partial charge in [-0.05, 0) is 62.3 Å². The summed E-state index contributed by atoms with van der Waals surface area (Å²) >= 11 is 0. The molecular weight excluding hydrogens is 475 g/mol. The Morgan fingerprint density at radius 3 is 2.86 bits per heavy atom. The third-order valence-corrected chi connectivity index (χ3v) is 6.76. The summed E-state index contributed by atoms with van der Waals surface area (Å²) in [5.74, 6) is -0.230. The molecule has 3 heterocycles. The molecule has 0 radical (unpaired) electrons. The fourth-order valence-electron chi connectivity index (χ4n) is 4.89. The number of hydrogen-bond acceptors (Lipinski definition) is 6. The minimum atomic E-state index is -4.54. The molecule has 2 aliphatic heterocycles. The maximum Gasteiger partial charge on any atom is 0.416 e. The number of hydrogen-bond donors (Lipinski definition) is 2. The SMILES string of the molecule is COc1cc(C(F)(F)F)ccc1C(C(=O)O)N1CCC(OCCCCc2ccc3c(n2)NCCC3)C1. The van der Waals surface area contributed by atoms with Gasteiger partial charge in [-0.2, -0.15) is 13.2 Å². The van der Waals surface area contributed by atoms with Gasteiger partial charge in [0.25, 0.3) is 0 Å². The number of carbonyl (C=O) groups is 1. The van der Waals surface area contributed by atoms with Crippen molar-refractivity contribution < 1.29 is 32.5 Å². The molecule has 1 saturated heterocycles. The first-order valence-electron chi connectivity index (χ1n) is 12.3. The Bertz CT molecular complexity index is 1060. The number of likely N-dealkylation sites (tertiary alicyclic amines) is 1. The molecule has 7 nitrogen and oxygen atoms in total. The Hall–Kier alpha value is -2.85. The summed E-state index contributed by atoms with van der Waals surface area (Å²) in [6.07, 6.45) is 0.850. The number of fused-ring (bicyclic) bond motifs is 1. The number of nitrogens with one attached hydrogen (secondary N) is 1. The van der Waals surface area contributed by atoms with E-state index in [1.165, 1.54) is 18.7 Å². The molecular formula is C26H32F3N3O4. The van der Waals surface area contributed by atoms with E-state index in [9.17, 15) is 23.1 Å². The van der Waals surface area contributed by atoms with Gasteiger partial charge in [0.05, 0.1) is 18.8 Å². The number of methoxy groups -OCH3 is 1. The van der Waals surface area contributed by atoms with Crippen molar-refractivity contribution in [3.8, 4) is 5.75 Å². The number of nitrogens with zero attached hydrogens (tertiary/aromatic N) is 2. The van der Waals surface area contributed by atoms with Crippen molar-refractivity contribution in [3.63, 3.8) is 0 Å². The Morgan fingerprint density at radius 2 is 2.11 bits per heavy atom. The molecule has 2 N–H and O–H groups in total. The zero-order valence-corrected chi connectivity index (χ0v) is 20.3. The van der Waals surface area contributed by atoms with Crippen LogP contribution in [0.5, 0.6) is 5.75 Å². The molecule has 1 aromatic carbocycles. The number of anilines is 1. The summed E-state index contributed by atoms with van der Waals surface area (Å²) in [7, 11) is 1.24. The lowest BCUT2D eigenvalue weighted by Gasteiger charge is -2.26. The fraction of sp³-hybridized carbons (Fsp3) is 0.538. The van der Waals surface area contributed by atoms with E-state index in [0.29, 0.717) is 26.1 Å². The third-order valence-electron chi connectivity index (χ3n) is 6.76. The highest BCUT2D eigenvalue weighted by Gasteiger charge is 2.37. The average Bonchev–Trinajstić information content (AvgIpc) is 3.31. The van der Waals surface area contributed by atoms with Gasteiger partial charge in [0, 0.05) is 37.5 Å². The Morgan fingerprint density at radius 1 is 1.28 bits per heavy atom. The molecule has 2 unspecified atom stereocenters. The zero-order valence-electron chi connectivity index (χ0n) is 20.3. The fourth-order valence-corrected chi connectivity index (χ4v) is 4.89. The maximum absolute atomic E-state index is 13.1. The summed E-state index contributed by atoms with van der Waals surface area (Å²) in [6, 6.07) is 6.06. The van der Waals surface area contributed by atoms with Gasteiger partial charge in [-0.25, -0.2) is 4.98 Å². The first-order chi connectivity index (χ1) is 17.3. The van der Waals surface area contributed by atoms with E-state index in [0.717, 1.165) is 62.3 Å². The van der Waals surface area contributed by atoms with E-state index in [1.54, 1.807) is 4.90 Å². The van der Waals surface area contributed by atoms with E-state index in [2.05, 4.69) is 17.4 Å². The number of carboxylic acid groups (broad SMARTS) is 1. The van der Waals surface area contributed by atoms with Gasteiger partial charge in [-0.3, -0.25) is 9.69 Å². The largest absolute Gasteiger partial charge is 0.496 e. The number of ether oxygens (including phenoxy) is 2. The minimum Gasteiger partial charge on any atom is -0.496 e. The zero-order chi connectivity index (χ0) is 25.7. The molecule has 10 heteroatoms. The number of benzene rings is 1. The maximum atomic E-state index is 13.1. The van der Waals surface area contributed by atoms with Gasteiger partial charge in [0.1, 0.15) is 17.6 Å². The Balaban J connectivity index is 1.27. The van der Waals surface area contributed by atoms with Crippen LogP contribution in [0.2, 0.25) is 0 Å². The van der Waals surface area contributed by atoms with Crippen molar-refractivity contribution in [1.29, 1.82) is 0 Å². The van der Waals surface area contributed by atoms with Gasteiger partial charge >= 0.3 is 12.1 Å². The normalized spacial score (nSPS) is 18.9. The molecule has 2 aliphatic rings. The van der Waals surface area contributed by atoms with Crippen molar-refractivity contribution in [1.82, 2.24) is 9.88 Å². The predicted octanol–water partition coefficient (Wildman–Crippen LogP) is 4.71. The first-order valence-corrected chi connectivity index (χ1v) is 12.3. The van der Waals surface area contributed by atoms with E-state index in [-0.39, 0.29) is 17.4 Å². The number of aryl methyl sites for hydroxylation is 2. The third kappa shape index (κ3) is 6.28. The summed E-state index contributed by atoms with van der Waals surface area (Å²) in [5, 5.41) is 13.2. The molecule has 0 amide bonds. The monoisotopic (exact) mass is 507 g/mol. The molecule has 4 rings (SSSR count). The number of unbranched alkanes of at least 4 members (excludes halogenated alkanes) is 1. The van der Waals surface area contributed by atoms with Crippen LogP contribution in [0.3, 0.4) is 0 Å². The molecule has 2 atom stereocenters. The van der Waals surface area contributed by atoms with Crippen LogP contribution in [0.15, 0.2) is 30.3 Å². The Kier molecular flexibility index (Phi) is 8.35. The molecule has 0 bridgehead atoms. The van der Waals surface area contributed by atoms with Crippen LogP contribution in [-0.2, 0) is 28.5 Å². The topological polar surface area (TPSA) is 83.9 Å². The lowest BCUT2D eigenvalue weighted by Crippen LogP contribution is -2.33. The molecule has 2 aromatic rings. The van der Waals surface area contributed by atoms with Crippen LogP contribution in [0.1, 0.15) is 54.1 Å². The van der Waals surface area contributed by atoms with E-state index < -0.39 is 23.8 Å². The van der Waals surface area contributed by atoms with E-state index in [1.807, 2.05) is 0 Å². The van der Waals surface area contributed by atoms with Gasteiger partial charge in [0.15, 0.2) is 0 Å². The molecule has 36 heavy (non-hydrogen) atoms. The number of pyridine rings is 1. The lowest BCUT2D eigenvalue weighted by atomic mass is 10.0. The smallest absolute Gasteiger partial charge is 0.416 e. The van der Waals surface area contributed by atoms with Crippen molar-refractivity contribution in [3.05, 3.63) is 52.7 Å². The van der Waals surface area contributed by atoms with Crippen LogP contribution in [0, 0.1) is 0 Å². The Labute approximate surface area is 208 Å². The van der Waals surface area contributed by atoms with Crippen molar-refractivity contribution in [2.75, 3.05) is 38.7 Å². The quantitative estimate of drug-likeness (QED) is 0.451. The number of aromatic nitrogens is 1. The molecule has 0 spiro atoms. The van der Waals surface area contributed by atoms with Crippen molar-refractivity contribution >= 4 is 11.8 Å². The number of aliphatic carboxylic acids is 1. The molecule has 1 aromatic heterocycles. The lowest BCUT2D eigenvalue weighted by molar-refractivity contribution is -0.143. The molecule has 0 saturated carbocycles. The average molecular weight is 508 g/mol. The van der Waals surface area contributed by atoms with Crippen LogP contribution in [0.4, 0.5) is 19.0 Å². The van der Waals surface area contributed by atoms with Crippen molar-refractivity contribution in [2.24, 2.45) is 0 Å². The number of halogens is 3. The van der Waals surface area contributed by atoms with E-state index in [4.69, 9.17) is 14.5 Å². The molecule has 196 valence electrons. The summed E-state index contributed by atoms with van der Waals surface area (Å²) in [6.45, 7) is 2.38. The minimum absolute atomic E-state index is 0.0902. The highest BCUT2D eigenvalue weighted by Crippen LogP contribution is 2.37. The highest BCUT2D eigenvalue weighted by molar-refractivity contribution is 5.77. The second-order valence-electron chi connectivity index (χ2n) is 9.27. The number of carboxylic acids is 1. The first kappa shape index (κ1) is 26.2. The number of rotatable bonds is 10.